The van der Waals surface area contributed by atoms with Crippen LogP contribution in [0.3, 0.4) is 0 Å². The second-order valence-electron chi connectivity index (χ2n) is 15.1. The van der Waals surface area contributed by atoms with Crippen molar-refractivity contribution in [2.24, 2.45) is 11.3 Å². The quantitative estimate of drug-likeness (QED) is 0.305. The van der Waals surface area contributed by atoms with Crippen molar-refractivity contribution in [3.8, 4) is 0 Å². The molecule has 232 valence electrons. The largest absolute Gasteiger partial charge is 1.00 e. The zero-order valence-electron chi connectivity index (χ0n) is 29.0. The van der Waals surface area contributed by atoms with Crippen molar-refractivity contribution in [1.82, 2.24) is 0 Å². The summed E-state index contributed by atoms with van der Waals surface area (Å²) in [5.74, 6) is 0.592. The second kappa shape index (κ2) is 16.4. The van der Waals surface area contributed by atoms with Crippen molar-refractivity contribution in [3.05, 3.63) is 76.4 Å². The number of fused-ring (bicyclic) bond motifs is 3. The van der Waals surface area contributed by atoms with Crippen LogP contribution in [0.15, 0.2) is 48.1 Å². The van der Waals surface area contributed by atoms with E-state index in [4.69, 9.17) is 0 Å². The molecular weight excluding hydrogens is 631 g/mol. The van der Waals surface area contributed by atoms with Gasteiger partial charge in [-0.3, -0.25) is 6.08 Å². The monoisotopic (exact) mass is 684 g/mol. The Morgan fingerprint density at radius 2 is 1.17 bits per heavy atom. The fourth-order valence-corrected chi connectivity index (χ4v) is 5.52. The van der Waals surface area contributed by atoms with Crippen LogP contribution in [0.25, 0.3) is 21.5 Å². The second-order valence-corrected chi connectivity index (χ2v) is 17.5. The first-order chi connectivity index (χ1) is 18.3. The molecular formula is C39H56Cl2Zr-2. The number of aryl methyl sites for hydroxylation is 2. The fraction of sp³-hybridized carbons (Fsp3) is 0.538. The number of unbranched alkanes of at least 4 members (excludes halogenated alkanes) is 1. The molecule has 1 atom stereocenters. The van der Waals surface area contributed by atoms with Gasteiger partial charge in [0.2, 0.25) is 0 Å². The molecule has 0 nitrogen and oxygen atoms in total. The summed E-state index contributed by atoms with van der Waals surface area (Å²) in [5.41, 5.74) is 7.81. The predicted octanol–water partition coefficient (Wildman–Crippen LogP) is 5.82. The fourth-order valence-electron chi connectivity index (χ4n) is 5.52. The van der Waals surface area contributed by atoms with Crippen molar-refractivity contribution < 1.29 is 49.0 Å². The smallest absolute Gasteiger partial charge is 0.0142 e. The van der Waals surface area contributed by atoms with E-state index in [0.29, 0.717) is 11.3 Å². The summed E-state index contributed by atoms with van der Waals surface area (Å²) >= 11 is 1.55. The number of halogens is 2. The van der Waals surface area contributed by atoms with Crippen LogP contribution in [-0.2, 0) is 35.1 Å². The third-order valence-corrected chi connectivity index (χ3v) is 7.58. The molecule has 3 aromatic carbocycles. The summed E-state index contributed by atoms with van der Waals surface area (Å²) in [7, 11) is 0. The zero-order chi connectivity index (χ0) is 30.6. The van der Waals surface area contributed by atoms with Gasteiger partial charge in [-0.05, 0) is 24.7 Å². The number of rotatable bonds is 3. The van der Waals surface area contributed by atoms with Crippen molar-refractivity contribution in [1.29, 1.82) is 0 Å². The first-order valence-electron chi connectivity index (χ1n) is 15.2. The molecule has 0 spiro atoms. The van der Waals surface area contributed by atoms with E-state index in [9.17, 15) is 0 Å². The molecule has 1 unspecified atom stereocenters. The molecule has 0 bridgehead atoms. The van der Waals surface area contributed by atoms with Crippen LogP contribution >= 0.6 is 0 Å². The number of allylic oxidation sites excluding steroid dienone is 4. The molecule has 0 saturated heterocycles. The van der Waals surface area contributed by atoms with Crippen LogP contribution in [0.1, 0.15) is 125 Å². The molecule has 3 aromatic rings. The van der Waals surface area contributed by atoms with Gasteiger partial charge in [0.05, 0.1) is 0 Å². The Kier molecular flexibility index (Phi) is 16.1. The van der Waals surface area contributed by atoms with Crippen LogP contribution < -0.4 is 24.8 Å². The molecule has 0 amide bonds. The average molecular weight is 687 g/mol. The molecule has 1 aliphatic carbocycles. The van der Waals surface area contributed by atoms with Gasteiger partial charge in [0.1, 0.15) is 0 Å². The molecule has 0 saturated carbocycles. The summed E-state index contributed by atoms with van der Waals surface area (Å²) in [6.45, 7) is 31.6. The van der Waals surface area contributed by atoms with Crippen molar-refractivity contribution in [3.63, 3.8) is 0 Å². The summed E-state index contributed by atoms with van der Waals surface area (Å²) in [6, 6.07) is 11.9. The minimum Gasteiger partial charge on any atom is -1.00 e. The third-order valence-electron chi connectivity index (χ3n) is 7.58. The molecule has 0 N–H and O–H groups in total. The molecule has 1 aliphatic rings. The average Bonchev–Trinajstić information content (AvgIpc) is 3.39. The van der Waals surface area contributed by atoms with Gasteiger partial charge < -0.3 is 24.8 Å². The minimum absolute atomic E-state index is 0. The van der Waals surface area contributed by atoms with Crippen LogP contribution in [0.5, 0.6) is 0 Å². The molecule has 0 aromatic heterocycles. The van der Waals surface area contributed by atoms with Gasteiger partial charge in [-0.1, -0.05) is 134 Å². The maximum absolute atomic E-state index is 3.43. The van der Waals surface area contributed by atoms with Crippen LogP contribution in [-0.4, -0.2) is 3.21 Å². The SMILES string of the molecule is CCCCC1[C-]=CC(C(C)(C)C)=C1.C[C](C)=[Zr+2].Cc1cc2[cH-]c3cc(C)c(C(C)(C)C)cc3c2cc1C(C)(C)C.[Cl-].[Cl-]. The van der Waals surface area contributed by atoms with Gasteiger partial charge in [-0.2, -0.15) is 11.6 Å². The van der Waals surface area contributed by atoms with E-state index < -0.39 is 0 Å². The Labute approximate surface area is 286 Å². The van der Waals surface area contributed by atoms with Crippen LogP contribution in [0, 0.1) is 31.3 Å². The van der Waals surface area contributed by atoms with E-state index in [1.54, 1.807) is 24.2 Å². The molecule has 4 rings (SSSR count). The Morgan fingerprint density at radius 3 is 1.48 bits per heavy atom. The maximum Gasteiger partial charge on any atom is -0.0142 e. The summed E-state index contributed by atoms with van der Waals surface area (Å²) in [5, 5.41) is 5.55. The Bertz CT molecular complexity index is 1300. The molecule has 0 fully saturated rings. The van der Waals surface area contributed by atoms with E-state index >= 15 is 0 Å². The van der Waals surface area contributed by atoms with Gasteiger partial charge in [-0.25, -0.2) is 6.08 Å². The number of benzene rings is 2. The van der Waals surface area contributed by atoms with E-state index in [1.807, 2.05) is 0 Å². The Hall–Kier alpha value is -0.877. The topological polar surface area (TPSA) is 0 Å². The van der Waals surface area contributed by atoms with Crippen molar-refractivity contribution in [2.75, 3.05) is 0 Å². The van der Waals surface area contributed by atoms with E-state index in [2.05, 4.69) is 145 Å². The molecule has 3 heteroatoms. The summed E-state index contributed by atoms with van der Waals surface area (Å²) in [6.07, 6.45) is 11.9. The van der Waals surface area contributed by atoms with E-state index in [0.717, 1.165) is 0 Å². The molecule has 0 radical (unpaired) electrons. The number of hydrogen-bond donors (Lipinski definition) is 0. The number of hydrogen-bond acceptors (Lipinski definition) is 0. The summed E-state index contributed by atoms with van der Waals surface area (Å²) in [4.78, 5) is 0. The van der Waals surface area contributed by atoms with Crippen LogP contribution in [0.2, 0.25) is 0 Å². The Morgan fingerprint density at radius 1 is 0.762 bits per heavy atom. The summed E-state index contributed by atoms with van der Waals surface area (Å²) < 4.78 is 1.51. The first kappa shape index (κ1) is 41.1. The third kappa shape index (κ3) is 11.6. The maximum atomic E-state index is 3.43. The molecule has 42 heavy (non-hydrogen) atoms. The molecule has 0 heterocycles. The first-order valence-corrected chi connectivity index (χ1v) is 16.5. The van der Waals surface area contributed by atoms with Gasteiger partial charge in [0, 0.05) is 0 Å². The zero-order valence-corrected chi connectivity index (χ0v) is 33.0. The van der Waals surface area contributed by atoms with E-state index in [-0.39, 0.29) is 35.6 Å². The minimum atomic E-state index is 0. The van der Waals surface area contributed by atoms with Gasteiger partial charge in [0.15, 0.2) is 0 Å². The van der Waals surface area contributed by atoms with Crippen LogP contribution in [0.4, 0.5) is 0 Å². The predicted molar refractivity (Wildman–Crippen MR) is 179 cm³/mol. The normalized spacial score (nSPS) is 14.8. The molecule has 0 aliphatic heterocycles. The standard InChI is InChI=1S/C23H29.C13H21.C3H6.2ClH.Zr/c1-14-9-16-11-17-10-15(2)21(23(6,7)8)13-19(17)18(16)12-20(14)22(3,4)5;1-5-6-7-11-8-9-12(10-11)13(2,3)4;1-3-2;;;/h9-13H,1-8H3;9-11H,5-7H2,1-4H3;1-2H3;2*1H;/q2*-1;;;;+2/p-2. The van der Waals surface area contributed by atoms with E-state index in [1.165, 1.54) is 71.8 Å². The van der Waals surface area contributed by atoms with Gasteiger partial charge in [0.25, 0.3) is 0 Å². The van der Waals surface area contributed by atoms with Crippen molar-refractivity contribution in [2.45, 2.75) is 127 Å². The Balaban J connectivity index is 0.000000756. The van der Waals surface area contributed by atoms with Gasteiger partial charge in [-0.15, -0.1) is 39.7 Å². The van der Waals surface area contributed by atoms with Gasteiger partial charge >= 0.3 is 41.3 Å². The van der Waals surface area contributed by atoms with Crippen molar-refractivity contribution >= 4 is 24.8 Å².